The molecule has 1 atom stereocenters. The molecule has 170 valence electrons. The summed E-state index contributed by atoms with van der Waals surface area (Å²) in [5, 5.41) is 0. The molecule has 0 bridgehead atoms. The average molecular weight is 456 g/mol. The number of likely N-dealkylation sites (N-methyl/N-ethyl adjacent to an activating group) is 1. The summed E-state index contributed by atoms with van der Waals surface area (Å²) in [6.45, 7) is 3.03. The third-order valence-corrected chi connectivity index (χ3v) is 6.43. The number of carbonyl (C=O) groups is 3. The monoisotopic (exact) mass is 455 g/mol. The van der Waals surface area contributed by atoms with Crippen molar-refractivity contribution in [2.45, 2.75) is 30.4 Å². The number of rotatable bonds is 8. The fourth-order valence-electron chi connectivity index (χ4n) is 3.60. The Bertz CT molecular complexity index is 921. The molecule has 0 spiro atoms. The highest BCUT2D eigenvalue weighted by atomic mass is 32.2. The summed E-state index contributed by atoms with van der Waals surface area (Å²) in [4.78, 5) is 45.8. The Kier molecular flexibility index (Phi) is 8.67. The zero-order valence-corrected chi connectivity index (χ0v) is 19.3. The van der Waals surface area contributed by atoms with E-state index in [1.807, 2.05) is 30.5 Å². The second-order valence-corrected chi connectivity index (χ2v) is 8.82. The minimum Gasteiger partial charge on any atom is -0.466 e. The summed E-state index contributed by atoms with van der Waals surface area (Å²) >= 11 is 1.67. The molecule has 0 radical (unpaired) electrons. The predicted molar refractivity (Wildman–Crippen MR) is 123 cm³/mol. The van der Waals surface area contributed by atoms with Gasteiger partial charge in [0.15, 0.2) is 0 Å². The summed E-state index contributed by atoms with van der Waals surface area (Å²) in [7, 11) is 1.62. The molecule has 1 saturated heterocycles. The van der Waals surface area contributed by atoms with Crippen LogP contribution in [0.5, 0.6) is 0 Å². The molecule has 0 saturated carbocycles. The molecule has 2 amide bonds. The summed E-state index contributed by atoms with van der Waals surface area (Å²) in [6.07, 6.45) is 5.07. The van der Waals surface area contributed by atoms with Crippen molar-refractivity contribution in [3.8, 4) is 0 Å². The minimum atomic E-state index is -0.287. The molecule has 8 heteroatoms. The smallest absolute Gasteiger partial charge is 0.310 e. The summed E-state index contributed by atoms with van der Waals surface area (Å²) in [5.41, 5.74) is 1.67. The minimum absolute atomic E-state index is 0.0219. The first-order chi connectivity index (χ1) is 15.5. The average Bonchev–Trinajstić information content (AvgIpc) is 2.83. The van der Waals surface area contributed by atoms with Gasteiger partial charge >= 0.3 is 5.97 Å². The Balaban J connectivity index is 1.51. The van der Waals surface area contributed by atoms with E-state index in [1.54, 1.807) is 49.0 Å². The Morgan fingerprint density at radius 2 is 2.00 bits per heavy atom. The van der Waals surface area contributed by atoms with Crippen LogP contribution in [0.4, 0.5) is 0 Å². The maximum Gasteiger partial charge on any atom is 0.310 e. The van der Waals surface area contributed by atoms with Crippen LogP contribution in [0, 0.1) is 5.92 Å². The van der Waals surface area contributed by atoms with E-state index in [1.165, 1.54) is 4.90 Å². The van der Waals surface area contributed by atoms with Crippen LogP contribution in [0.2, 0.25) is 0 Å². The van der Waals surface area contributed by atoms with Crippen LogP contribution in [-0.2, 0) is 20.1 Å². The lowest BCUT2D eigenvalue weighted by molar-refractivity contribution is -0.151. The summed E-state index contributed by atoms with van der Waals surface area (Å²) in [6, 6.07) is 11.3. The number of likely N-dealkylation sites (tertiary alicyclic amines) is 1. The summed E-state index contributed by atoms with van der Waals surface area (Å²) in [5.74, 6) is -0.0982. The molecule has 1 aliphatic rings. The molecule has 2 aromatic rings. The number of piperidine rings is 1. The van der Waals surface area contributed by atoms with E-state index in [0.717, 1.165) is 29.1 Å². The van der Waals surface area contributed by atoms with Gasteiger partial charge in [-0.1, -0.05) is 6.07 Å². The first-order valence-electron chi connectivity index (χ1n) is 10.8. The van der Waals surface area contributed by atoms with Crippen molar-refractivity contribution in [2.24, 2.45) is 5.92 Å². The fraction of sp³-hybridized carbons (Fsp3) is 0.417. The maximum atomic E-state index is 12.8. The lowest BCUT2D eigenvalue weighted by Gasteiger charge is -2.32. The third-order valence-electron chi connectivity index (χ3n) is 5.34. The van der Waals surface area contributed by atoms with E-state index in [-0.39, 0.29) is 30.2 Å². The van der Waals surface area contributed by atoms with Crippen LogP contribution in [0.1, 0.15) is 35.7 Å². The van der Waals surface area contributed by atoms with Crippen LogP contribution in [-0.4, -0.2) is 65.9 Å². The van der Waals surface area contributed by atoms with Crippen LogP contribution in [0.25, 0.3) is 0 Å². The molecule has 1 aliphatic heterocycles. The van der Waals surface area contributed by atoms with E-state index in [4.69, 9.17) is 4.74 Å². The molecule has 0 aliphatic carbocycles. The molecule has 7 nitrogen and oxygen atoms in total. The molecule has 2 heterocycles. The van der Waals surface area contributed by atoms with Crippen LogP contribution in [0.3, 0.4) is 0 Å². The molecule has 3 rings (SSSR count). The Labute approximate surface area is 193 Å². The zero-order chi connectivity index (χ0) is 22.9. The number of amides is 2. The van der Waals surface area contributed by atoms with E-state index < -0.39 is 0 Å². The second kappa shape index (κ2) is 11.7. The van der Waals surface area contributed by atoms with Crippen molar-refractivity contribution in [3.05, 3.63) is 59.9 Å². The number of hydrogen-bond donors (Lipinski definition) is 0. The SMILES string of the molecule is CCOC(=O)C1CCCN(C(=O)CN(C)C(=O)c2ccc(SCc3cccnc3)cc2)C1. The van der Waals surface area contributed by atoms with Gasteiger partial charge in [0.2, 0.25) is 5.91 Å². The normalized spacial score (nSPS) is 15.8. The number of carbonyl (C=O) groups excluding carboxylic acids is 3. The molecule has 32 heavy (non-hydrogen) atoms. The Morgan fingerprint density at radius 1 is 1.22 bits per heavy atom. The molecular formula is C24H29N3O4S. The number of nitrogens with zero attached hydrogens (tertiary/aromatic N) is 3. The van der Waals surface area contributed by atoms with Crippen molar-refractivity contribution >= 4 is 29.5 Å². The van der Waals surface area contributed by atoms with Crippen molar-refractivity contribution in [3.63, 3.8) is 0 Å². The van der Waals surface area contributed by atoms with Gasteiger partial charge in [-0.25, -0.2) is 0 Å². The van der Waals surface area contributed by atoms with E-state index in [2.05, 4.69) is 4.98 Å². The molecule has 1 unspecified atom stereocenters. The standard InChI is InChI=1S/C24H29N3O4S/c1-3-31-24(30)20-7-5-13-27(15-20)22(28)16-26(2)23(29)19-8-10-21(11-9-19)32-17-18-6-4-12-25-14-18/h4,6,8-12,14,20H,3,5,7,13,15-17H2,1-2H3. The number of ether oxygens (including phenoxy) is 1. The molecule has 1 aromatic carbocycles. The summed E-state index contributed by atoms with van der Waals surface area (Å²) < 4.78 is 5.09. The van der Waals surface area contributed by atoms with Gasteiger partial charge in [0.25, 0.3) is 5.91 Å². The van der Waals surface area contributed by atoms with E-state index in [0.29, 0.717) is 25.3 Å². The van der Waals surface area contributed by atoms with E-state index in [9.17, 15) is 14.4 Å². The quantitative estimate of drug-likeness (QED) is 0.449. The van der Waals surface area contributed by atoms with Gasteiger partial charge in [0.1, 0.15) is 0 Å². The number of pyridine rings is 1. The Morgan fingerprint density at radius 3 is 2.69 bits per heavy atom. The molecular weight excluding hydrogens is 426 g/mol. The van der Waals surface area contributed by atoms with Crippen molar-refractivity contribution in [1.82, 2.24) is 14.8 Å². The van der Waals surface area contributed by atoms with Crippen molar-refractivity contribution in [1.29, 1.82) is 0 Å². The zero-order valence-electron chi connectivity index (χ0n) is 18.5. The number of thioether (sulfide) groups is 1. The third kappa shape index (κ3) is 6.56. The fourth-order valence-corrected chi connectivity index (χ4v) is 4.43. The topological polar surface area (TPSA) is 79.8 Å². The highest BCUT2D eigenvalue weighted by molar-refractivity contribution is 7.98. The van der Waals surface area contributed by atoms with Crippen LogP contribution >= 0.6 is 11.8 Å². The van der Waals surface area contributed by atoms with Gasteiger partial charge in [-0.2, -0.15) is 0 Å². The lowest BCUT2D eigenvalue weighted by atomic mass is 9.98. The predicted octanol–water partition coefficient (Wildman–Crippen LogP) is 3.25. The molecule has 1 aromatic heterocycles. The van der Waals surface area contributed by atoms with Gasteiger partial charge < -0.3 is 14.5 Å². The number of esters is 1. The first kappa shape index (κ1) is 23.8. The highest BCUT2D eigenvalue weighted by Gasteiger charge is 2.30. The van der Waals surface area contributed by atoms with Gasteiger partial charge in [-0.3, -0.25) is 19.4 Å². The van der Waals surface area contributed by atoms with Gasteiger partial charge in [0, 0.05) is 48.7 Å². The van der Waals surface area contributed by atoms with E-state index >= 15 is 0 Å². The van der Waals surface area contributed by atoms with Gasteiger partial charge in [-0.15, -0.1) is 11.8 Å². The number of benzene rings is 1. The first-order valence-corrected chi connectivity index (χ1v) is 11.8. The van der Waals surface area contributed by atoms with Crippen LogP contribution < -0.4 is 0 Å². The largest absolute Gasteiger partial charge is 0.466 e. The van der Waals surface area contributed by atoms with Gasteiger partial charge in [-0.05, 0) is 55.7 Å². The number of hydrogen-bond acceptors (Lipinski definition) is 6. The second-order valence-electron chi connectivity index (χ2n) is 7.77. The van der Waals surface area contributed by atoms with Crippen molar-refractivity contribution < 1.29 is 19.1 Å². The molecule has 1 fully saturated rings. The van der Waals surface area contributed by atoms with Crippen molar-refractivity contribution in [2.75, 3.05) is 33.3 Å². The molecule has 0 N–H and O–H groups in total. The lowest BCUT2D eigenvalue weighted by Crippen LogP contribution is -2.47. The van der Waals surface area contributed by atoms with Gasteiger partial charge in [0.05, 0.1) is 19.1 Å². The Hall–Kier alpha value is -2.87. The number of aromatic nitrogens is 1. The maximum absolute atomic E-state index is 12.8. The van der Waals surface area contributed by atoms with Crippen LogP contribution in [0.15, 0.2) is 53.7 Å². The highest BCUT2D eigenvalue weighted by Crippen LogP contribution is 2.23.